The van der Waals surface area contributed by atoms with E-state index >= 15 is 0 Å². The van der Waals surface area contributed by atoms with Crippen molar-refractivity contribution < 1.29 is 0 Å². The highest BCUT2D eigenvalue weighted by Gasteiger charge is 2.39. The molecule has 4 N–H and O–H groups in total. The molecule has 2 saturated heterocycles. The van der Waals surface area contributed by atoms with E-state index in [1.165, 1.54) is 84.7 Å². The summed E-state index contributed by atoms with van der Waals surface area (Å²) in [5.74, 6) is 3.85. The molecule has 0 radical (unpaired) electrons. The molecule has 6 atom stereocenters. The van der Waals surface area contributed by atoms with Crippen molar-refractivity contribution in [3.63, 3.8) is 0 Å². The maximum atomic E-state index is 4.78. The first-order valence-corrected chi connectivity index (χ1v) is 14.7. The Morgan fingerprint density at radius 3 is 1.43 bits per heavy atom. The summed E-state index contributed by atoms with van der Waals surface area (Å²) < 4.78 is 0. The highest BCUT2D eigenvalue weighted by Crippen LogP contribution is 2.50. The van der Waals surface area contributed by atoms with E-state index < -0.39 is 0 Å². The number of nitrogens with one attached hydrogen (secondary N) is 4. The van der Waals surface area contributed by atoms with Crippen molar-refractivity contribution in [2.75, 3.05) is 0 Å². The predicted octanol–water partition coefficient (Wildman–Crippen LogP) is 8.21. The Morgan fingerprint density at radius 2 is 1.00 bits per heavy atom. The molecular formula is C32H38Cl4N6. The van der Waals surface area contributed by atoms with Gasteiger partial charge in [0.2, 0.25) is 0 Å². The van der Waals surface area contributed by atoms with Gasteiger partial charge < -0.3 is 20.6 Å². The van der Waals surface area contributed by atoms with Gasteiger partial charge in [-0.15, -0.1) is 49.6 Å². The molecular weight excluding hydrogens is 610 g/mol. The summed E-state index contributed by atoms with van der Waals surface area (Å²) in [6.07, 6.45) is 14.6. The van der Waals surface area contributed by atoms with Gasteiger partial charge in [-0.2, -0.15) is 0 Å². The van der Waals surface area contributed by atoms with Crippen molar-refractivity contribution >= 4 is 49.6 Å². The van der Waals surface area contributed by atoms with Gasteiger partial charge in [-0.25, -0.2) is 9.97 Å². The van der Waals surface area contributed by atoms with Gasteiger partial charge in [0.05, 0.1) is 35.9 Å². The third-order valence-corrected chi connectivity index (χ3v) is 10.3. The Kier molecular flexibility index (Phi) is 9.07. The molecule has 2 aliphatic heterocycles. The summed E-state index contributed by atoms with van der Waals surface area (Å²) in [4.78, 5) is 16.8. The number of rotatable bonds is 4. The van der Waals surface area contributed by atoms with Crippen LogP contribution in [0.2, 0.25) is 0 Å². The number of halogens is 4. The standard InChI is InChI=1S/C32H34N6.4ClH/c1-3-17-13-27(35-25(17)5-1)31-33-15-29(37-31)19-7-9-21-23(11-19)22-10-8-20(12-24(21)22)30-16-34-32(38-30)28-14-18-4-2-6-26(18)36-28;;;;/h7-12,15-18,25-28,35-36H,1-6,13-14H2,(H,33,37)(H,34,38);4*1H/t17-,18-,25-,26-,27-,28-;;;;/m0..../s1. The van der Waals surface area contributed by atoms with Crippen molar-refractivity contribution in [2.45, 2.75) is 75.5 Å². The van der Waals surface area contributed by atoms with Crippen molar-refractivity contribution in [3.8, 4) is 44.8 Å². The minimum atomic E-state index is 0. The second-order valence-electron chi connectivity index (χ2n) is 12.4. The Labute approximate surface area is 271 Å². The molecule has 3 aliphatic carbocycles. The third kappa shape index (κ3) is 4.98. The number of benzene rings is 2. The van der Waals surface area contributed by atoms with Crippen molar-refractivity contribution in [1.29, 1.82) is 0 Å². The normalized spacial score (nSPS) is 27.7. The maximum absolute atomic E-state index is 4.78. The molecule has 224 valence electrons. The van der Waals surface area contributed by atoms with Crippen LogP contribution < -0.4 is 10.6 Å². The van der Waals surface area contributed by atoms with Crippen LogP contribution in [0.1, 0.15) is 75.1 Å². The van der Waals surface area contributed by atoms with E-state index in [1.54, 1.807) is 0 Å². The molecule has 0 unspecified atom stereocenters. The summed E-state index contributed by atoms with van der Waals surface area (Å²) in [5.41, 5.74) is 9.98. The fourth-order valence-electron chi connectivity index (χ4n) is 8.31. The van der Waals surface area contributed by atoms with E-state index in [4.69, 9.17) is 9.97 Å². The van der Waals surface area contributed by atoms with Crippen LogP contribution in [0.4, 0.5) is 0 Å². The minimum Gasteiger partial charge on any atom is -0.341 e. The molecule has 5 aliphatic rings. The number of hydrogen-bond acceptors (Lipinski definition) is 4. The van der Waals surface area contributed by atoms with Crippen LogP contribution >= 0.6 is 49.6 Å². The van der Waals surface area contributed by atoms with Crippen molar-refractivity contribution in [2.24, 2.45) is 11.8 Å². The molecule has 2 aromatic carbocycles. The van der Waals surface area contributed by atoms with Gasteiger partial charge in [0.1, 0.15) is 11.6 Å². The van der Waals surface area contributed by atoms with Gasteiger partial charge in [0, 0.05) is 23.2 Å². The molecule has 0 amide bonds. The molecule has 6 nitrogen and oxygen atoms in total. The Hall–Kier alpha value is -2.06. The zero-order valence-corrected chi connectivity index (χ0v) is 26.5. The van der Waals surface area contributed by atoms with Crippen molar-refractivity contribution in [1.82, 2.24) is 30.6 Å². The van der Waals surface area contributed by atoms with Crippen LogP contribution in [-0.2, 0) is 0 Å². The zero-order chi connectivity index (χ0) is 24.8. The molecule has 4 heterocycles. The number of hydrogen-bond donors (Lipinski definition) is 4. The quantitative estimate of drug-likeness (QED) is 0.158. The molecule has 0 bridgehead atoms. The van der Waals surface area contributed by atoms with Gasteiger partial charge in [-0.05, 0) is 84.7 Å². The lowest BCUT2D eigenvalue weighted by molar-refractivity contribution is 0.516. The van der Waals surface area contributed by atoms with E-state index in [0.717, 1.165) is 34.9 Å². The van der Waals surface area contributed by atoms with Gasteiger partial charge in [-0.1, -0.05) is 37.1 Å². The van der Waals surface area contributed by atoms with E-state index in [2.05, 4.69) is 57.0 Å². The van der Waals surface area contributed by atoms with Crippen LogP contribution in [0, 0.1) is 11.8 Å². The molecule has 9 rings (SSSR count). The zero-order valence-electron chi connectivity index (χ0n) is 23.3. The number of H-pyrrole nitrogens is 2. The maximum Gasteiger partial charge on any atom is 0.123 e. The van der Waals surface area contributed by atoms with E-state index in [9.17, 15) is 0 Å². The lowest BCUT2D eigenvalue weighted by atomic mass is 9.78. The fourth-order valence-corrected chi connectivity index (χ4v) is 8.31. The summed E-state index contributed by atoms with van der Waals surface area (Å²) in [6, 6.07) is 15.8. The lowest BCUT2D eigenvalue weighted by Gasteiger charge is -2.25. The Bertz CT molecular complexity index is 1410. The van der Waals surface area contributed by atoms with Crippen molar-refractivity contribution in [3.05, 3.63) is 60.4 Å². The number of imidazole rings is 2. The SMILES string of the molecule is Cl.Cl.Cl.Cl.c1cc2c(cc1-c1cnc([C@@H]3C[C@@H]4CCC[C@@H]4N3)[nH]1)-c1ccc(-c3cnc([C@@H]4C[C@@H]5CCC[C@@H]5N4)[nH]3)cc1-2. The lowest BCUT2D eigenvalue weighted by Crippen LogP contribution is -2.24. The predicted molar refractivity (Wildman–Crippen MR) is 178 cm³/mol. The number of aromatic amines is 2. The first-order chi connectivity index (χ1) is 18.8. The molecule has 4 aromatic rings. The summed E-state index contributed by atoms with van der Waals surface area (Å²) in [7, 11) is 0. The van der Waals surface area contributed by atoms with Gasteiger partial charge in [0.15, 0.2) is 0 Å². The average molecular weight is 649 g/mol. The van der Waals surface area contributed by atoms with E-state index in [1.807, 2.05) is 12.4 Å². The van der Waals surface area contributed by atoms with Crippen LogP contribution in [0.15, 0.2) is 48.8 Å². The first-order valence-electron chi connectivity index (χ1n) is 14.7. The molecule has 0 spiro atoms. The van der Waals surface area contributed by atoms with Crippen LogP contribution in [0.3, 0.4) is 0 Å². The van der Waals surface area contributed by atoms with Crippen LogP contribution in [0.5, 0.6) is 0 Å². The Morgan fingerprint density at radius 1 is 0.548 bits per heavy atom. The summed E-state index contributed by atoms with van der Waals surface area (Å²) in [6.45, 7) is 0. The van der Waals surface area contributed by atoms with Crippen LogP contribution in [0.25, 0.3) is 44.8 Å². The van der Waals surface area contributed by atoms with Gasteiger partial charge in [-0.3, -0.25) is 0 Å². The molecule has 4 fully saturated rings. The molecule has 2 saturated carbocycles. The topological polar surface area (TPSA) is 81.4 Å². The second kappa shape index (κ2) is 12.1. The van der Waals surface area contributed by atoms with E-state index in [0.29, 0.717) is 24.2 Å². The monoisotopic (exact) mass is 646 g/mol. The van der Waals surface area contributed by atoms with Gasteiger partial charge in [0.25, 0.3) is 0 Å². The number of fused-ring (bicyclic) bond motifs is 6. The first kappa shape index (κ1) is 31.4. The third-order valence-electron chi connectivity index (χ3n) is 10.3. The minimum absolute atomic E-state index is 0. The molecule has 10 heteroatoms. The molecule has 2 aromatic heterocycles. The van der Waals surface area contributed by atoms with E-state index in [-0.39, 0.29) is 49.6 Å². The summed E-state index contributed by atoms with van der Waals surface area (Å²) in [5, 5.41) is 7.64. The summed E-state index contributed by atoms with van der Waals surface area (Å²) >= 11 is 0. The van der Waals surface area contributed by atoms with Crippen LogP contribution in [-0.4, -0.2) is 32.0 Å². The molecule has 42 heavy (non-hydrogen) atoms. The Balaban J connectivity index is 0.000000882. The average Bonchev–Trinajstić information content (AvgIpc) is 3.74. The highest BCUT2D eigenvalue weighted by molar-refractivity contribution is 6.04. The number of nitrogens with zero attached hydrogens (tertiary/aromatic N) is 2. The fraction of sp³-hybridized carbons (Fsp3) is 0.438. The highest BCUT2D eigenvalue weighted by atomic mass is 35.5. The number of aromatic nitrogens is 4. The largest absolute Gasteiger partial charge is 0.341 e. The second-order valence-corrected chi connectivity index (χ2v) is 12.4. The van der Waals surface area contributed by atoms with Gasteiger partial charge >= 0.3 is 0 Å². The smallest absolute Gasteiger partial charge is 0.123 e.